The zero-order chi connectivity index (χ0) is 18.4. The molecular weight excluding hydrogens is 332 g/mol. The van der Waals surface area contributed by atoms with Crippen LogP contribution in [0.2, 0.25) is 0 Å². The highest BCUT2D eigenvalue weighted by Gasteiger charge is 2.32. The molecule has 1 saturated heterocycles. The van der Waals surface area contributed by atoms with E-state index in [4.69, 9.17) is 19.9 Å². The van der Waals surface area contributed by atoms with E-state index in [1.54, 1.807) is 12.0 Å². The lowest BCUT2D eigenvalue weighted by molar-refractivity contribution is 0.0243. The van der Waals surface area contributed by atoms with Crippen molar-refractivity contribution in [3.63, 3.8) is 0 Å². The van der Waals surface area contributed by atoms with Crippen molar-refractivity contribution in [3.05, 3.63) is 29.8 Å². The average Bonchev–Trinajstić information content (AvgIpc) is 3.03. The third kappa shape index (κ3) is 4.75. The summed E-state index contributed by atoms with van der Waals surface area (Å²) in [7, 11) is 1.61. The Morgan fingerprint density at radius 3 is 2.58 bits per heavy atom. The summed E-state index contributed by atoms with van der Waals surface area (Å²) in [6, 6.07) is 8.34. The summed E-state index contributed by atoms with van der Waals surface area (Å²) >= 11 is 0. The van der Waals surface area contributed by atoms with Crippen molar-refractivity contribution < 1.29 is 19.0 Å². The van der Waals surface area contributed by atoms with Crippen molar-refractivity contribution in [1.82, 2.24) is 0 Å². The number of ether oxygens (including phenoxy) is 3. The molecule has 2 N–H and O–H groups in total. The second kappa shape index (κ2) is 9.35. The molecule has 26 heavy (non-hydrogen) atoms. The van der Waals surface area contributed by atoms with Gasteiger partial charge in [0.15, 0.2) is 0 Å². The van der Waals surface area contributed by atoms with Crippen molar-refractivity contribution in [3.8, 4) is 0 Å². The van der Waals surface area contributed by atoms with Gasteiger partial charge < -0.3 is 19.9 Å². The predicted molar refractivity (Wildman–Crippen MR) is 101 cm³/mol. The Morgan fingerprint density at radius 2 is 1.92 bits per heavy atom. The van der Waals surface area contributed by atoms with Crippen LogP contribution in [0.25, 0.3) is 0 Å². The van der Waals surface area contributed by atoms with Gasteiger partial charge in [-0.1, -0.05) is 12.1 Å². The maximum atomic E-state index is 12.0. The number of nitrogens with two attached hydrogens (primary N) is 1. The first kappa shape index (κ1) is 19.1. The second-order valence-corrected chi connectivity index (χ2v) is 7.15. The monoisotopic (exact) mass is 362 g/mol. The number of rotatable bonds is 8. The Kier molecular flexibility index (Phi) is 6.88. The highest BCUT2D eigenvalue weighted by atomic mass is 16.6. The average molecular weight is 362 g/mol. The van der Waals surface area contributed by atoms with Gasteiger partial charge in [-0.15, -0.1) is 0 Å². The molecule has 144 valence electrons. The number of hydrogen-bond donors (Lipinski definition) is 1. The van der Waals surface area contributed by atoms with E-state index in [2.05, 4.69) is 12.1 Å². The number of hydrogen-bond acceptors (Lipinski definition) is 5. The minimum atomic E-state index is -0.296. The van der Waals surface area contributed by atoms with Gasteiger partial charge in [0, 0.05) is 19.4 Å². The molecule has 2 aliphatic rings. The number of carbonyl (C=O) groups excluding carboxylic acids is 1. The van der Waals surface area contributed by atoms with Crippen molar-refractivity contribution in [1.29, 1.82) is 0 Å². The molecule has 6 nitrogen and oxygen atoms in total. The van der Waals surface area contributed by atoms with Gasteiger partial charge >= 0.3 is 6.09 Å². The minimum Gasteiger partial charge on any atom is -0.441 e. The van der Waals surface area contributed by atoms with Crippen LogP contribution >= 0.6 is 0 Å². The maximum absolute atomic E-state index is 12.0. The highest BCUT2D eigenvalue weighted by molar-refractivity contribution is 5.89. The van der Waals surface area contributed by atoms with Crippen molar-refractivity contribution in [2.24, 2.45) is 5.73 Å². The molecule has 0 aromatic heterocycles. The van der Waals surface area contributed by atoms with Gasteiger partial charge in [-0.2, -0.15) is 0 Å². The van der Waals surface area contributed by atoms with E-state index in [9.17, 15) is 4.79 Å². The molecule has 1 aromatic rings. The van der Waals surface area contributed by atoms with Crippen LogP contribution in [-0.2, 0) is 14.2 Å². The molecule has 1 aliphatic heterocycles. The summed E-state index contributed by atoms with van der Waals surface area (Å²) in [4.78, 5) is 13.7. The Morgan fingerprint density at radius 1 is 1.19 bits per heavy atom. The molecule has 1 heterocycles. The molecule has 1 aromatic carbocycles. The van der Waals surface area contributed by atoms with Crippen LogP contribution in [-0.4, -0.2) is 51.7 Å². The third-order valence-corrected chi connectivity index (χ3v) is 5.28. The Hall–Kier alpha value is -1.63. The Bertz CT molecular complexity index is 570. The normalized spacial score (nSPS) is 26.2. The summed E-state index contributed by atoms with van der Waals surface area (Å²) in [6.07, 6.45) is 5.34. The van der Waals surface area contributed by atoms with Crippen LogP contribution in [0.4, 0.5) is 10.5 Å². The van der Waals surface area contributed by atoms with Crippen LogP contribution < -0.4 is 10.6 Å². The van der Waals surface area contributed by atoms with Gasteiger partial charge in [-0.3, -0.25) is 4.90 Å². The van der Waals surface area contributed by atoms with E-state index in [1.807, 2.05) is 12.1 Å². The Labute approximate surface area is 155 Å². The van der Waals surface area contributed by atoms with Crippen LogP contribution in [0.5, 0.6) is 0 Å². The summed E-state index contributed by atoms with van der Waals surface area (Å²) in [5.74, 6) is 0.574. The van der Waals surface area contributed by atoms with E-state index < -0.39 is 0 Å². The molecule has 6 heteroatoms. The highest BCUT2D eigenvalue weighted by Crippen LogP contribution is 2.35. The summed E-state index contributed by atoms with van der Waals surface area (Å²) in [5.41, 5.74) is 7.74. The van der Waals surface area contributed by atoms with E-state index in [0.717, 1.165) is 44.4 Å². The fraction of sp³-hybridized carbons (Fsp3) is 0.650. The molecule has 1 amide bonds. The first-order valence-electron chi connectivity index (χ1n) is 9.60. The van der Waals surface area contributed by atoms with E-state index >= 15 is 0 Å². The SMILES string of the molecule is COCC1CN(c2ccc([C@H]3CC[C@H](OCCCN)CC3)cc2)C(=O)O1. The van der Waals surface area contributed by atoms with Crippen LogP contribution in [0.3, 0.4) is 0 Å². The molecule has 1 saturated carbocycles. The van der Waals surface area contributed by atoms with Crippen LogP contribution in [0.1, 0.15) is 43.6 Å². The standard InChI is InChI=1S/C20H30N2O4/c1-24-14-19-13-22(20(23)26-19)17-7-3-15(4-8-17)16-5-9-18(10-6-16)25-12-2-11-21/h3-4,7-8,16,18-19H,2,5-6,9-14,21H2,1H3/t16-,18-,19?. The zero-order valence-corrected chi connectivity index (χ0v) is 15.6. The van der Waals surface area contributed by atoms with Gasteiger partial charge in [0.1, 0.15) is 6.10 Å². The van der Waals surface area contributed by atoms with Gasteiger partial charge in [0.25, 0.3) is 0 Å². The van der Waals surface area contributed by atoms with Crippen LogP contribution in [0.15, 0.2) is 24.3 Å². The first-order valence-corrected chi connectivity index (χ1v) is 9.60. The fourth-order valence-corrected chi connectivity index (χ4v) is 3.83. The number of cyclic esters (lactones) is 1. The summed E-state index contributed by atoms with van der Waals surface area (Å²) < 4.78 is 16.3. The minimum absolute atomic E-state index is 0.193. The molecular formula is C20H30N2O4. The number of carbonyl (C=O) groups is 1. The fourth-order valence-electron chi connectivity index (χ4n) is 3.83. The Balaban J connectivity index is 1.51. The summed E-state index contributed by atoms with van der Waals surface area (Å²) in [5, 5.41) is 0. The molecule has 2 fully saturated rings. The second-order valence-electron chi connectivity index (χ2n) is 7.15. The van der Waals surface area contributed by atoms with Crippen molar-refractivity contribution >= 4 is 11.8 Å². The lowest BCUT2D eigenvalue weighted by Gasteiger charge is -2.29. The van der Waals surface area contributed by atoms with E-state index in [-0.39, 0.29) is 12.2 Å². The number of amides is 1. The van der Waals surface area contributed by atoms with Gasteiger partial charge in [0.05, 0.1) is 19.3 Å². The molecule has 0 spiro atoms. The van der Waals surface area contributed by atoms with Gasteiger partial charge in [-0.25, -0.2) is 4.79 Å². The van der Waals surface area contributed by atoms with E-state index in [0.29, 0.717) is 31.7 Å². The lowest BCUT2D eigenvalue weighted by Crippen LogP contribution is -2.25. The number of anilines is 1. The third-order valence-electron chi connectivity index (χ3n) is 5.28. The van der Waals surface area contributed by atoms with Crippen molar-refractivity contribution in [2.45, 2.75) is 50.2 Å². The van der Waals surface area contributed by atoms with Gasteiger partial charge in [-0.05, 0) is 62.3 Å². The van der Waals surface area contributed by atoms with Crippen molar-refractivity contribution in [2.75, 3.05) is 38.3 Å². The molecule has 3 rings (SSSR count). The number of benzene rings is 1. The number of methoxy groups -OCH3 is 1. The maximum Gasteiger partial charge on any atom is 0.414 e. The largest absolute Gasteiger partial charge is 0.441 e. The first-order chi connectivity index (χ1) is 12.7. The molecule has 1 atom stereocenters. The van der Waals surface area contributed by atoms with Gasteiger partial charge in [0.2, 0.25) is 0 Å². The van der Waals surface area contributed by atoms with Crippen LogP contribution in [0, 0.1) is 0 Å². The lowest BCUT2D eigenvalue weighted by atomic mass is 9.82. The molecule has 1 unspecified atom stereocenters. The smallest absolute Gasteiger partial charge is 0.414 e. The number of nitrogens with zero attached hydrogens (tertiary/aromatic N) is 1. The predicted octanol–water partition coefficient (Wildman–Crippen LogP) is 3.05. The molecule has 1 aliphatic carbocycles. The zero-order valence-electron chi connectivity index (χ0n) is 15.6. The topological polar surface area (TPSA) is 74.0 Å². The molecule has 0 bridgehead atoms. The quantitative estimate of drug-likeness (QED) is 0.720. The summed E-state index contributed by atoms with van der Waals surface area (Å²) in [6.45, 7) is 2.43. The molecule has 0 radical (unpaired) electrons. The van der Waals surface area contributed by atoms with E-state index in [1.165, 1.54) is 5.56 Å².